The first-order valence-electron chi connectivity index (χ1n) is 9.63. The summed E-state index contributed by atoms with van der Waals surface area (Å²) >= 11 is 9.96. The minimum Gasteiger partial charge on any atom is -0.497 e. The number of rotatable bonds is 8. The highest BCUT2D eigenvalue weighted by atomic mass is 79.9. The van der Waals surface area contributed by atoms with Gasteiger partial charge in [0.05, 0.1) is 30.4 Å². The van der Waals surface area contributed by atoms with E-state index in [1.165, 1.54) is 0 Å². The zero-order chi connectivity index (χ0) is 22.2. The van der Waals surface area contributed by atoms with Crippen LogP contribution in [0.2, 0.25) is 5.02 Å². The van der Waals surface area contributed by atoms with Crippen LogP contribution >= 0.6 is 27.5 Å². The van der Waals surface area contributed by atoms with Crippen molar-refractivity contribution in [1.29, 1.82) is 5.26 Å². The third-order valence-electron chi connectivity index (χ3n) is 4.46. The molecule has 0 N–H and O–H groups in total. The van der Waals surface area contributed by atoms with Crippen molar-refractivity contribution >= 4 is 39.2 Å². The molecular formula is C25H21BrClNO3. The van der Waals surface area contributed by atoms with Crippen LogP contribution in [0.3, 0.4) is 0 Å². The molecule has 4 nitrogen and oxygen atoms in total. The molecule has 3 rings (SSSR count). The third kappa shape index (κ3) is 6.04. The number of allylic oxidation sites excluding steroid dienone is 1. The molecule has 0 aliphatic rings. The number of nitrogens with zero attached hydrogens (tertiary/aromatic N) is 1. The Morgan fingerprint density at radius 2 is 1.77 bits per heavy atom. The standard InChI is InChI=1S/C25H21BrClNO3/c1-3-30-24-14-18(12-20(15-28)19-6-10-22(29-2)11-7-19)13-23(27)25(24)31-16-17-4-8-21(26)9-5-17/h4-14H,3,16H2,1-2H3/b20-12+. The number of halogens is 2. The van der Waals surface area contributed by atoms with E-state index in [-0.39, 0.29) is 0 Å². The van der Waals surface area contributed by atoms with Gasteiger partial charge in [-0.2, -0.15) is 5.26 Å². The van der Waals surface area contributed by atoms with Gasteiger partial charge in [0.2, 0.25) is 0 Å². The van der Waals surface area contributed by atoms with Crippen LogP contribution in [-0.4, -0.2) is 13.7 Å². The lowest BCUT2D eigenvalue weighted by atomic mass is 10.0. The fraction of sp³-hybridized carbons (Fsp3) is 0.160. The molecule has 158 valence electrons. The first-order valence-corrected chi connectivity index (χ1v) is 10.8. The summed E-state index contributed by atoms with van der Waals surface area (Å²) in [5.41, 5.74) is 3.05. The molecule has 0 amide bonds. The quantitative estimate of drug-likeness (QED) is 0.244. The van der Waals surface area contributed by atoms with Crippen LogP contribution in [0.4, 0.5) is 0 Å². The number of hydrogen-bond donors (Lipinski definition) is 0. The SMILES string of the molecule is CCOc1cc(/C=C(\C#N)c2ccc(OC)cc2)cc(Cl)c1OCc1ccc(Br)cc1. The summed E-state index contributed by atoms with van der Waals surface area (Å²) in [5, 5.41) is 10.1. The summed E-state index contributed by atoms with van der Waals surface area (Å²) in [6, 6.07) is 21.0. The smallest absolute Gasteiger partial charge is 0.180 e. The largest absolute Gasteiger partial charge is 0.497 e. The molecule has 0 bridgehead atoms. The van der Waals surface area contributed by atoms with Crippen LogP contribution in [-0.2, 0) is 6.61 Å². The Morgan fingerprint density at radius 3 is 2.39 bits per heavy atom. The predicted molar refractivity (Wildman–Crippen MR) is 128 cm³/mol. The van der Waals surface area contributed by atoms with Gasteiger partial charge < -0.3 is 14.2 Å². The van der Waals surface area contributed by atoms with E-state index in [2.05, 4.69) is 22.0 Å². The van der Waals surface area contributed by atoms with Crippen molar-refractivity contribution in [3.8, 4) is 23.3 Å². The molecule has 0 radical (unpaired) electrons. The van der Waals surface area contributed by atoms with Gasteiger partial charge in [-0.1, -0.05) is 39.7 Å². The number of benzene rings is 3. The number of ether oxygens (including phenoxy) is 3. The highest BCUT2D eigenvalue weighted by molar-refractivity contribution is 9.10. The van der Waals surface area contributed by atoms with E-state index in [4.69, 9.17) is 25.8 Å². The Hall–Kier alpha value is -2.94. The van der Waals surface area contributed by atoms with Crippen LogP contribution in [0.15, 0.2) is 65.1 Å². The lowest BCUT2D eigenvalue weighted by Crippen LogP contribution is -2.01. The van der Waals surface area contributed by atoms with Crippen LogP contribution in [0.5, 0.6) is 17.2 Å². The molecule has 31 heavy (non-hydrogen) atoms. The van der Waals surface area contributed by atoms with Gasteiger partial charge in [-0.3, -0.25) is 0 Å². The molecule has 6 heteroatoms. The summed E-state index contributed by atoms with van der Waals surface area (Å²) in [7, 11) is 1.60. The van der Waals surface area contributed by atoms with Crippen molar-refractivity contribution in [3.63, 3.8) is 0 Å². The van der Waals surface area contributed by atoms with Gasteiger partial charge in [0.1, 0.15) is 12.4 Å². The van der Waals surface area contributed by atoms with Gasteiger partial charge in [-0.15, -0.1) is 0 Å². The molecule has 0 saturated heterocycles. The molecule has 0 aliphatic heterocycles. The third-order valence-corrected chi connectivity index (χ3v) is 5.27. The van der Waals surface area contributed by atoms with Crippen LogP contribution in [0.1, 0.15) is 23.6 Å². The van der Waals surface area contributed by atoms with Crippen molar-refractivity contribution < 1.29 is 14.2 Å². The molecule has 0 fully saturated rings. The van der Waals surface area contributed by atoms with Gasteiger partial charge in [-0.25, -0.2) is 0 Å². The molecule has 0 unspecified atom stereocenters. The normalized spacial score (nSPS) is 11.0. The van der Waals surface area contributed by atoms with E-state index in [1.807, 2.05) is 61.5 Å². The molecule has 0 aliphatic carbocycles. The predicted octanol–water partition coefficient (Wildman–Crippen LogP) is 7.15. The second-order valence-corrected chi connectivity index (χ2v) is 7.90. The monoisotopic (exact) mass is 497 g/mol. The van der Waals surface area contributed by atoms with Gasteiger partial charge in [0.15, 0.2) is 11.5 Å². The van der Waals surface area contributed by atoms with Gasteiger partial charge in [0.25, 0.3) is 0 Å². The van der Waals surface area contributed by atoms with E-state index >= 15 is 0 Å². The van der Waals surface area contributed by atoms with E-state index in [0.29, 0.717) is 35.3 Å². The lowest BCUT2D eigenvalue weighted by molar-refractivity contribution is 0.269. The van der Waals surface area contributed by atoms with Crippen molar-refractivity contribution in [2.75, 3.05) is 13.7 Å². The van der Waals surface area contributed by atoms with Crippen molar-refractivity contribution in [3.05, 3.63) is 86.8 Å². The maximum absolute atomic E-state index is 9.65. The van der Waals surface area contributed by atoms with Crippen LogP contribution in [0, 0.1) is 11.3 Å². The van der Waals surface area contributed by atoms with Crippen LogP contribution in [0.25, 0.3) is 11.6 Å². The summed E-state index contributed by atoms with van der Waals surface area (Å²) in [6.45, 7) is 2.71. The Balaban J connectivity index is 1.89. The molecular weight excluding hydrogens is 478 g/mol. The molecule has 3 aromatic carbocycles. The van der Waals surface area contributed by atoms with Gasteiger partial charge in [-0.05, 0) is 78.2 Å². The maximum atomic E-state index is 9.65. The Bertz CT molecular complexity index is 1100. The van der Waals surface area contributed by atoms with Gasteiger partial charge >= 0.3 is 0 Å². The first kappa shape index (κ1) is 22.7. The first-order chi connectivity index (χ1) is 15.0. The van der Waals surface area contributed by atoms with E-state index in [9.17, 15) is 5.26 Å². The minimum atomic E-state index is 0.359. The average molecular weight is 499 g/mol. The van der Waals surface area contributed by atoms with E-state index < -0.39 is 0 Å². The van der Waals surface area contributed by atoms with E-state index in [1.54, 1.807) is 19.3 Å². The Labute approximate surface area is 195 Å². The Morgan fingerprint density at radius 1 is 1.06 bits per heavy atom. The zero-order valence-corrected chi connectivity index (χ0v) is 19.5. The summed E-state index contributed by atoms with van der Waals surface area (Å²) < 4.78 is 17.9. The summed E-state index contributed by atoms with van der Waals surface area (Å²) in [6.07, 6.45) is 1.77. The van der Waals surface area contributed by atoms with Crippen molar-refractivity contribution in [2.45, 2.75) is 13.5 Å². The average Bonchev–Trinajstić information content (AvgIpc) is 2.78. The highest BCUT2D eigenvalue weighted by Gasteiger charge is 2.13. The zero-order valence-electron chi connectivity index (χ0n) is 17.2. The second-order valence-electron chi connectivity index (χ2n) is 6.58. The molecule has 0 aromatic heterocycles. The van der Waals surface area contributed by atoms with Crippen LogP contribution < -0.4 is 14.2 Å². The number of hydrogen-bond acceptors (Lipinski definition) is 4. The molecule has 0 saturated carbocycles. The molecule has 3 aromatic rings. The number of methoxy groups -OCH3 is 1. The fourth-order valence-corrected chi connectivity index (χ4v) is 3.47. The van der Waals surface area contributed by atoms with Crippen molar-refractivity contribution in [1.82, 2.24) is 0 Å². The van der Waals surface area contributed by atoms with Crippen molar-refractivity contribution in [2.24, 2.45) is 0 Å². The van der Waals surface area contributed by atoms with E-state index in [0.717, 1.165) is 26.9 Å². The summed E-state index contributed by atoms with van der Waals surface area (Å²) in [4.78, 5) is 0. The Kier molecular flexibility index (Phi) is 8.00. The maximum Gasteiger partial charge on any atom is 0.180 e. The fourth-order valence-electron chi connectivity index (χ4n) is 2.93. The molecule has 0 atom stereocenters. The summed E-state index contributed by atoms with van der Waals surface area (Å²) in [5.74, 6) is 1.74. The topological polar surface area (TPSA) is 51.5 Å². The van der Waals surface area contributed by atoms with Gasteiger partial charge in [0, 0.05) is 4.47 Å². The molecule has 0 spiro atoms. The number of nitriles is 1. The lowest BCUT2D eigenvalue weighted by Gasteiger charge is -2.15. The minimum absolute atomic E-state index is 0.359. The highest BCUT2D eigenvalue weighted by Crippen LogP contribution is 2.38. The molecule has 0 heterocycles. The second kappa shape index (κ2) is 10.9.